The van der Waals surface area contributed by atoms with Crippen LogP contribution in [-0.2, 0) is 12.6 Å². The number of aromatic nitrogens is 1. The molecule has 3 aromatic rings. The predicted octanol–water partition coefficient (Wildman–Crippen LogP) is 6.25. The van der Waals surface area contributed by atoms with Crippen LogP contribution >= 0.6 is 11.6 Å². The van der Waals surface area contributed by atoms with Gasteiger partial charge in [-0.15, -0.1) is 0 Å². The molecule has 0 fully saturated rings. The predicted molar refractivity (Wildman–Crippen MR) is 107 cm³/mol. The molecule has 0 aliphatic rings. The maximum atomic E-state index is 12.7. The van der Waals surface area contributed by atoms with Crippen LogP contribution in [-0.4, -0.2) is 15.7 Å². The molecule has 0 N–H and O–H groups in total. The highest BCUT2D eigenvalue weighted by Gasteiger charge is 2.31. The average Bonchev–Trinajstić information content (AvgIpc) is 2.70. The zero-order chi connectivity index (χ0) is 22.8. The molecule has 1 heterocycles. The summed E-state index contributed by atoms with van der Waals surface area (Å²) in [5, 5.41) is 11.2. The maximum Gasteiger partial charge on any atom is 0.417 e. The van der Waals surface area contributed by atoms with Gasteiger partial charge in [0, 0.05) is 24.2 Å². The molecule has 0 bridgehead atoms. The second-order valence-corrected chi connectivity index (χ2v) is 6.98. The number of carbonyl (C=O) groups excluding carboxylic acids is 1. The Labute approximate surface area is 179 Å². The second-order valence-electron chi connectivity index (χ2n) is 6.57. The van der Waals surface area contributed by atoms with Crippen molar-refractivity contribution in [1.29, 1.82) is 0 Å². The molecule has 0 aliphatic carbocycles. The monoisotopic (exact) mass is 450 g/mol. The molecular formula is C21H14ClF3N2O4. The van der Waals surface area contributed by atoms with Crippen molar-refractivity contribution in [3.63, 3.8) is 0 Å². The van der Waals surface area contributed by atoms with Crippen LogP contribution in [0.5, 0.6) is 11.5 Å². The molecule has 0 atom stereocenters. The third kappa shape index (κ3) is 5.37. The lowest BCUT2D eigenvalue weighted by molar-refractivity contribution is -0.385. The molecule has 3 rings (SSSR count). The number of nitro benzene ring substituents is 1. The van der Waals surface area contributed by atoms with Crippen molar-refractivity contribution in [2.75, 3.05) is 0 Å². The number of hydrogen-bond acceptors (Lipinski definition) is 5. The van der Waals surface area contributed by atoms with Gasteiger partial charge in [-0.05, 0) is 42.8 Å². The lowest BCUT2D eigenvalue weighted by Crippen LogP contribution is -2.06. The van der Waals surface area contributed by atoms with Gasteiger partial charge in [0.1, 0.15) is 5.75 Å². The number of carbonyl (C=O) groups is 1. The molecule has 10 heteroatoms. The van der Waals surface area contributed by atoms with E-state index in [0.717, 1.165) is 18.3 Å². The van der Waals surface area contributed by atoms with Crippen molar-refractivity contribution < 1.29 is 27.6 Å². The Morgan fingerprint density at radius 1 is 1.16 bits per heavy atom. The Hall–Kier alpha value is -3.46. The number of rotatable bonds is 6. The van der Waals surface area contributed by atoms with Gasteiger partial charge < -0.3 is 4.74 Å². The van der Waals surface area contributed by atoms with Crippen molar-refractivity contribution >= 4 is 23.1 Å². The first-order chi connectivity index (χ1) is 14.5. The van der Waals surface area contributed by atoms with E-state index in [9.17, 15) is 28.1 Å². The van der Waals surface area contributed by atoms with Crippen molar-refractivity contribution in [1.82, 2.24) is 4.98 Å². The van der Waals surface area contributed by atoms with Crippen LogP contribution < -0.4 is 4.74 Å². The summed E-state index contributed by atoms with van der Waals surface area (Å²) in [6.45, 7) is 1.30. The minimum atomic E-state index is -4.53. The summed E-state index contributed by atoms with van der Waals surface area (Å²) < 4.78 is 43.7. The summed E-state index contributed by atoms with van der Waals surface area (Å²) in [7, 11) is 0. The van der Waals surface area contributed by atoms with Gasteiger partial charge in [0.25, 0.3) is 0 Å². The number of Topliss-reactive ketones (excluding diaryl/α,β-unsaturated/α-hetero) is 1. The molecule has 0 unspecified atom stereocenters. The maximum absolute atomic E-state index is 12.7. The first kappa shape index (κ1) is 22.2. The molecule has 31 heavy (non-hydrogen) atoms. The van der Waals surface area contributed by atoms with Crippen LogP contribution in [0.15, 0.2) is 54.7 Å². The molecule has 0 saturated heterocycles. The van der Waals surface area contributed by atoms with Gasteiger partial charge in [0.05, 0.1) is 21.2 Å². The molecule has 0 spiro atoms. The Morgan fingerprint density at radius 2 is 1.84 bits per heavy atom. The lowest BCUT2D eigenvalue weighted by atomic mass is 10.1. The van der Waals surface area contributed by atoms with Crippen LogP contribution in [0.3, 0.4) is 0 Å². The summed E-state index contributed by atoms with van der Waals surface area (Å²) in [6, 6.07) is 11.1. The molecular weight excluding hydrogens is 437 g/mol. The SMILES string of the molecule is CC(=O)c1ccc(Oc2ccc(Cc3ncc(C(F)(F)F)cc3Cl)cc2)c([N+](=O)[O-])c1. The molecule has 0 radical (unpaired) electrons. The first-order valence-electron chi connectivity index (χ1n) is 8.82. The smallest absolute Gasteiger partial charge is 0.417 e. The third-order valence-electron chi connectivity index (χ3n) is 4.33. The molecule has 0 aliphatic heterocycles. The zero-order valence-corrected chi connectivity index (χ0v) is 16.7. The van der Waals surface area contributed by atoms with Gasteiger partial charge in [0.15, 0.2) is 5.78 Å². The lowest BCUT2D eigenvalue weighted by Gasteiger charge is -2.10. The number of alkyl halides is 3. The van der Waals surface area contributed by atoms with E-state index in [0.29, 0.717) is 11.3 Å². The van der Waals surface area contributed by atoms with Crippen LogP contribution in [0.4, 0.5) is 18.9 Å². The highest BCUT2D eigenvalue weighted by atomic mass is 35.5. The summed E-state index contributed by atoms with van der Waals surface area (Å²) in [6.07, 6.45) is -3.62. The normalized spacial score (nSPS) is 11.3. The van der Waals surface area contributed by atoms with E-state index >= 15 is 0 Å². The Morgan fingerprint density at radius 3 is 2.39 bits per heavy atom. The van der Waals surface area contributed by atoms with Crippen LogP contribution in [0.25, 0.3) is 0 Å². The van der Waals surface area contributed by atoms with Crippen molar-refractivity contribution in [3.05, 3.63) is 92.2 Å². The van der Waals surface area contributed by atoms with Crippen LogP contribution in [0.2, 0.25) is 5.02 Å². The first-order valence-corrected chi connectivity index (χ1v) is 9.20. The number of benzene rings is 2. The number of ketones is 1. The summed E-state index contributed by atoms with van der Waals surface area (Å²) in [4.78, 5) is 25.9. The van der Waals surface area contributed by atoms with Crippen LogP contribution in [0, 0.1) is 10.1 Å². The van der Waals surface area contributed by atoms with Gasteiger partial charge in [-0.1, -0.05) is 23.7 Å². The topological polar surface area (TPSA) is 82.3 Å². The number of nitrogens with zero attached hydrogens (tertiary/aromatic N) is 2. The van der Waals surface area contributed by atoms with E-state index in [1.54, 1.807) is 24.3 Å². The van der Waals surface area contributed by atoms with Crippen molar-refractivity contribution in [3.8, 4) is 11.5 Å². The van der Waals surface area contributed by atoms with E-state index in [2.05, 4.69) is 4.98 Å². The number of pyridine rings is 1. The fourth-order valence-electron chi connectivity index (χ4n) is 2.71. The van der Waals surface area contributed by atoms with Gasteiger partial charge in [-0.2, -0.15) is 13.2 Å². The van der Waals surface area contributed by atoms with Crippen molar-refractivity contribution in [2.24, 2.45) is 0 Å². The van der Waals surface area contributed by atoms with Crippen LogP contribution in [0.1, 0.15) is 34.1 Å². The van der Waals surface area contributed by atoms with Gasteiger partial charge in [0.2, 0.25) is 5.75 Å². The minimum absolute atomic E-state index is 0.0322. The largest absolute Gasteiger partial charge is 0.450 e. The van der Waals surface area contributed by atoms with E-state index in [-0.39, 0.29) is 39.9 Å². The molecule has 1 aromatic heterocycles. The standard InChI is InChI=1S/C21H14ClF3N2O4/c1-12(28)14-4-7-20(19(9-14)27(29)30)31-16-5-2-13(3-6-16)8-18-17(22)10-15(11-26-18)21(23,24)25/h2-7,9-11H,8H2,1H3. The minimum Gasteiger partial charge on any atom is -0.450 e. The fraction of sp³-hybridized carbons (Fsp3) is 0.143. The van der Waals surface area contributed by atoms with E-state index in [1.165, 1.54) is 19.1 Å². The summed E-state index contributed by atoms with van der Waals surface area (Å²) >= 11 is 5.93. The average molecular weight is 451 g/mol. The van der Waals surface area contributed by atoms with Gasteiger partial charge >= 0.3 is 11.9 Å². The molecule has 2 aromatic carbocycles. The zero-order valence-electron chi connectivity index (χ0n) is 15.9. The van der Waals surface area contributed by atoms with E-state index in [4.69, 9.17) is 16.3 Å². The van der Waals surface area contributed by atoms with Gasteiger partial charge in [-0.25, -0.2) is 0 Å². The highest BCUT2D eigenvalue weighted by Crippen LogP contribution is 2.33. The third-order valence-corrected chi connectivity index (χ3v) is 4.66. The highest BCUT2D eigenvalue weighted by molar-refractivity contribution is 6.31. The molecule has 0 saturated carbocycles. The molecule has 0 amide bonds. The fourth-order valence-corrected chi connectivity index (χ4v) is 2.95. The number of ether oxygens (including phenoxy) is 1. The Kier molecular flexibility index (Phi) is 6.26. The molecule has 6 nitrogen and oxygen atoms in total. The van der Waals surface area contributed by atoms with Crippen molar-refractivity contribution in [2.45, 2.75) is 19.5 Å². The number of halogens is 4. The number of nitro groups is 1. The van der Waals surface area contributed by atoms with E-state index < -0.39 is 16.7 Å². The Balaban J connectivity index is 1.77. The summed E-state index contributed by atoms with van der Waals surface area (Å²) in [5.41, 5.74) is -0.114. The van der Waals surface area contributed by atoms with E-state index in [1.807, 2.05) is 0 Å². The quantitative estimate of drug-likeness (QED) is 0.252. The number of hydrogen-bond donors (Lipinski definition) is 0. The van der Waals surface area contributed by atoms with Gasteiger partial charge in [-0.3, -0.25) is 19.9 Å². The Bertz CT molecular complexity index is 1150. The summed E-state index contributed by atoms with van der Waals surface area (Å²) in [5.74, 6) is -0.0429. The second kappa shape index (κ2) is 8.73. The molecule has 160 valence electrons.